The Morgan fingerprint density at radius 2 is 2.31 bits per heavy atom. The number of thiazole rings is 1. The van der Waals surface area contributed by atoms with E-state index >= 15 is 0 Å². The Hall–Kier alpha value is -1.55. The van der Waals surface area contributed by atoms with Crippen LogP contribution in [0.4, 0.5) is 5.13 Å². The van der Waals surface area contributed by atoms with Crippen LogP contribution in [0.2, 0.25) is 0 Å². The van der Waals surface area contributed by atoms with Gasteiger partial charge in [0.2, 0.25) is 0 Å². The van der Waals surface area contributed by atoms with E-state index in [1.165, 1.54) is 10.4 Å². The summed E-state index contributed by atoms with van der Waals surface area (Å²) < 4.78 is 5.19. The van der Waals surface area contributed by atoms with Gasteiger partial charge in [0.15, 0.2) is 5.13 Å². The van der Waals surface area contributed by atoms with E-state index in [1.807, 2.05) is 25.4 Å². The van der Waals surface area contributed by atoms with Crippen LogP contribution in [0.15, 0.2) is 30.5 Å². The minimum atomic E-state index is 0.899. The van der Waals surface area contributed by atoms with E-state index in [2.05, 4.69) is 22.4 Å². The van der Waals surface area contributed by atoms with Gasteiger partial charge in [-0.2, -0.15) is 0 Å². The minimum absolute atomic E-state index is 0.899. The molecule has 4 heteroatoms. The van der Waals surface area contributed by atoms with E-state index in [4.69, 9.17) is 4.74 Å². The van der Waals surface area contributed by atoms with Gasteiger partial charge in [-0.3, -0.25) is 0 Å². The summed E-state index contributed by atoms with van der Waals surface area (Å²) in [6, 6.07) is 8.11. The van der Waals surface area contributed by atoms with Gasteiger partial charge >= 0.3 is 0 Å². The van der Waals surface area contributed by atoms with Gasteiger partial charge in [-0.1, -0.05) is 12.1 Å². The van der Waals surface area contributed by atoms with Crippen molar-refractivity contribution >= 4 is 16.5 Å². The van der Waals surface area contributed by atoms with Crippen LogP contribution in [-0.4, -0.2) is 19.1 Å². The smallest absolute Gasteiger partial charge is 0.182 e. The van der Waals surface area contributed by atoms with E-state index in [9.17, 15) is 0 Å². The van der Waals surface area contributed by atoms with Crippen LogP contribution in [0.1, 0.15) is 10.4 Å². The second-order valence-electron chi connectivity index (χ2n) is 3.41. The van der Waals surface area contributed by atoms with E-state index < -0.39 is 0 Å². The van der Waals surface area contributed by atoms with Crippen LogP contribution in [-0.2, 0) is 6.42 Å². The Morgan fingerprint density at radius 1 is 1.44 bits per heavy atom. The van der Waals surface area contributed by atoms with E-state index in [1.54, 1.807) is 18.4 Å². The van der Waals surface area contributed by atoms with Crippen molar-refractivity contribution in [1.29, 1.82) is 0 Å². The summed E-state index contributed by atoms with van der Waals surface area (Å²) in [6.45, 7) is 0. The molecule has 0 bridgehead atoms. The molecular formula is C12H14N2OS. The van der Waals surface area contributed by atoms with Gasteiger partial charge in [0.25, 0.3) is 0 Å². The normalized spacial score (nSPS) is 10.1. The molecule has 0 unspecified atom stereocenters. The monoisotopic (exact) mass is 234 g/mol. The topological polar surface area (TPSA) is 34.2 Å². The molecule has 0 aliphatic rings. The number of hydrogen-bond acceptors (Lipinski definition) is 4. The Kier molecular flexibility index (Phi) is 3.41. The SMILES string of the molecule is CNc1ncc(Cc2cccc(OC)c2)s1. The fraction of sp³-hybridized carbons (Fsp3) is 0.250. The number of hydrogen-bond donors (Lipinski definition) is 1. The first-order valence-corrected chi connectivity index (χ1v) is 5.89. The van der Waals surface area contributed by atoms with E-state index in [0.717, 1.165) is 17.3 Å². The standard InChI is InChI=1S/C12H14N2OS/c1-13-12-14-8-11(16-12)7-9-4-3-5-10(6-9)15-2/h3-6,8H,7H2,1-2H3,(H,13,14). The van der Waals surface area contributed by atoms with Crippen molar-refractivity contribution in [2.75, 3.05) is 19.5 Å². The van der Waals surface area contributed by atoms with Gasteiger partial charge in [-0.25, -0.2) is 4.98 Å². The molecule has 2 rings (SSSR count). The molecule has 0 amide bonds. The van der Waals surface area contributed by atoms with Crippen molar-refractivity contribution in [3.8, 4) is 5.75 Å². The van der Waals surface area contributed by atoms with Gasteiger partial charge in [0, 0.05) is 24.5 Å². The van der Waals surface area contributed by atoms with E-state index in [0.29, 0.717) is 0 Å². The maximum atomic E-state index is 5.19. The van der Waals surface area contributed by atoms with Crippen LogP contribution in [0, 0.1) is 0 Å². The molecular weight excluding hydrogens is 220 g/mol. The van der Waals surface area contributed by atoms with Crippen molar-refractivity contribution in [2.24, 2.45) is 0 Å². The van der Waals surface area contributed by atoms with Crippen LogP contribution < -0.4 is 10.1 Å². The Morgan fingerprint density at radius 3 is 3.00 bits per heavy atom. The molecule has 0 atom stereocenters. The third kappa shape index (κ3) is 2.52. The van der Waals surface area contributed by atoms with Crippen LogP contribution in [0.25, 0.3) is 0 Å². The number of aromatic nitrogens is 1. The maximum Gasteiger partial charge on any atom is 0.182 e. The van der Waals surface area contributed by atoms with Crippen molar-refractivity contribution in [1.82, 2.24) is 4.98 Å². The molecule has 0 radical (unpaired) electrons. The summed E-state index contributed by atoms with van der Waals surface area (Å²) in [5, 5.41) is 3.99. The molecule has 1 aromatic carbocycles. The zero-order valence-corrected chi connectivity index (χ0v) is 10.2. The lowest BCUT2D eigenvalue weighted by Crippen LogP contribution is -1.87. The lowest BCUT2D eigenvalue weighted by atomic mass is 10.1. The zero-order chi connectivity index (χ0) is 11.4. The predicted octanol–water partition coefficient (Wildman–Crippen LogP) is 2.78. The second-order valence-corrected chi connectivity index (χ2v) is 4.53. The molecule has 84 valence electrons. The first-order chi connectivity index (χ1) is 7.81. The molecule has 0 aliphatic heterocycles. The molecule has 3 nitrogen and oxygen atoms in total. The lowest BCUT2D eigenvalue weighted by Gasteiger charge is -2.02. The maximum absolute atomic E-state index is 5.19. The molecule has 16 heavy (non-hydrogen) atoms. The van der Waals surface area contributed by atoms with Crippen LogP contribution in [0.5, 0.6) is 5.75 Å². The molecule has 0 saturated carbocycles. The number of nitrogens with zero attached hydrogens (tertiary/aromatic N) is 1. The van der Waals surface area contributed by atoms with Crippen LogP contribution in [0.3, 0.4) is 0 Å². The van der Waals surface area contributed by atoms with Gasteiger partial charge in [0.05, 0.1) is 7.11 Å². The lowest BCUT2D eigenvalue weighted by molar-refractivity contribution is 0.414. The molecule has 0 spiro atoms. The van der Waals surface area contributed by atoms with Crippen molar-refractivity contribution in [3.05, 3.63) is 40.9 Å². The first kappa shape index (κ1) is 11.0. The van der Waals surface area contributed by atoms with Crippen molar-refractivity contribution < 1.29 is 4.74 Å². The Labute approximate surface area is 99.1 Å². The fourth-order valence-corrected chi connectivity index (χ4v) is 2.29. The predicted molar refractivity (Wildman–Crippen MR) is 67.5 cm³/mol. The third-order valence-corrected chi connectivity index (χ3v) is 3.29. The molecule has 2 aromatic rings. The fourth-order valence-electron chi connectivity index (χ4n) is 1.49. The molecule has 1 heterocycles. The largest absolute Gasteiger partial charge is 0.497 e. The van der Waals surface area contributed by atoms with Crippen molar-refractivity contribution in [2.45, 2.75) is 6.42 Å². The third-order valence-electron chi connectivity index (χ3n) is 2.28. The van der Waals surface area contributed by atoms with Gasteiger partial charge in [-0.05, 0) is 17.7 Å². The van der Waals surface area contributed by atoms with Gasteiger partial charge in [-0.15, -0.1) is 11.3 Å². The highest BCUT2D eigenvalue weighted by molar-refractivity contribution is 7.15. The summed E-state index contributed by atoms with van der Waals surface area (Å²) in [6.07, 6.45) is 2.81. The first-order valence-electron chi connectivity index (χ1n) is 5.07. The molecule has 0 saturated heterocycles. The average molecular weight is 234 g/mol. The number of rotatable bonds is 4. The average Bonchev–Trinajstić information content (AvgIpc) is 2.77. The number of benzene rings is 1. The van der Waals surface area contributed by atoms with Crippen molar-refractivity contribution in [3.63, 3.8) is 0 Å². The second kappa shape index (κ2) is 4.99. The van der Waals surface area contributed by atoms with Gasteiger partial charge < -0.3 is 10.1 Å². The van der Waals surface area contributed by atoms with Gasteiger partial charge in [0.1, 0.15) is 5.75 Å². The highest BCUT2D eigenvalue weighted by atomic mass is 32.1. The Bertz CT molecular complexity index is 468. The minimum Gasteiger partial charge on any atom is -0.497 e. The quantitative estimate of drug-likeness (QED) is 0.883. The number of nitrogens with one attached hydrogen (secondary N) is 1. The highest BCUT2D eigenvalue weighted by Crippen LogP contribution is 2.22. The summed E-state index contributed by atoms with van der Waals surface area (Å²) in [4.78, 5) is 5.50. The summed E-state index contributed by atoms with van der Waals surface area (Å²) in [5.41, 5.74) is 1.24. The summed E-state index contributed by atoms with van der Waals surface area (Å²) in [7, 11) is 3.57. The van der Waals surface area contributed by atoms with E-state index in [-0.39, 0.29) is 0 Å². The number of ether oxygens (including phenoxy) is 1. The Balaban J connectivity index is 2.13. The van der Waals surface area contributed by atoms with Crippen LogP contribution >= 0.6 is 11.3 Å². The molecule has 1 N–H and O–H groups in total. The summed E-state index contributed by atoms with van der Waals surface area (Å²) in [5.74, 6) is 0.899. The number of anilines is 1. The molecule has 1 aromatic heterocycles. The zero-order valence-electron chi connectivity index (χ0n) is 9.36. The molecule has 0 aliphatic carbocycles. The number of methoxy groups -OCH3 is 1. The highest BCUT2D eigenvalue weighted by Gasteiger charge is 2.02. The molecule has 0 fully saturated rings. The summed E-state index contributed by atoms with van der Waals surface area (Å²) >= 11 is 1.68.